The van der Waals surface area contributed by atoms with Crippen LogP contribution < -0.4 is 10.6 Å². The molecule has 1 aromatic carbocycles. The molecule has 2 bridgehead atoms. The lowest BCUT2D eigenvalue weighted by atomic mass is 9.62. The van der Waals surface area contributed by atoms with E-state index in [1.54, 1.807) is 24.3 Å². The fourth-order valence-corrected chi connectivity index (χ4v) is 6.41. The molecule has 9 heteroatoms. The molecule has 0 saturated carbocycles. The van der Waals surface area contributed by atoms with Crippen molar-refractivity contribution in [1.29, 1.82) is 0 Å². The molecule has 0 aliphatic carbocycles. The summed E-state index contributed by atoms with van der Waals surface area (Å²) in [6.07, 6.45) is 1.72. The number of nitrogens with zero attached hydrogens (tertiary/aromatic N) is 1. The second-order valence-electron chi connectivity index (χ2n) is 9.98. The van der Waals surface area contributed by atoms with Gasteiger partial charge in [-0.25, -0.2) is 0 Å². The van der Waals surface area contributed by atoms with E-state index in [1.165, 1.54) is 4.90 Å². The summed E-state index contributed by atoms with van der Waals surface area (Å²) < 4.78 is 6.64. The molecule has 7 atom stereocenters. The van der Waals surface area contributed by atoms with Crippen LogP contribution in [0.1, 0.15) is 47.0 Å². The Bertz CT molecular complexity index is 968. The predicted octanol–water partition coefficient (Wildman–Crippen LogP) is 2.59. The standard InChI is InChI=1S/C25H34ClN3O5/c1-5-11-27-21(31)18-19-23(33)29(17(6-2)13-30)20(25(19)12-14(3)24(18,4)34-25)22(32)28-16-9-7-15(26)8-10-16/h7-10,14,17-20,30H,5-6,11-13H2,1-4H3,(H,27,31)(H,28,32)/t14?,17-,18-,19-,20?,24+,25?/m0/s1. The Hall–Kier alpha value is -2.16. The molecule has 3 heterocycles. The van der Waals surface area contributed by atoms with Crippen LogP contribution in [0.15, 0.2) is 24.3 Å². The average Bonchev–Trinajstić information content (AvgIpc) is 3.32. The Labute approximate surface area is 205 Å². The van der Waals surface area contributed by atoms with Gasteiger partial charge in [-0.15, -0.1) is 0 Å². The topological polar surface area (TPSA) is 108 Å². The second kappa shape index (κ2) is 9.13. The molecule has 186 valence electrons. The molecule has 3 N–H and O–H groups in total. The number of carbonyl (C=O) groups excluding carboxylic acids is 3. The minimum absolute atomic E-state index is 0.0334. The highest BCUT2D eigenvalue weighted by Crippen LogP contribution is 2.65. The number of amides is 3. The quantitative estimate of drug-likeness (QED) is 0.518. The van der Waals surface area contributed by atoms with Crippen LogP contribution in [0.25, 0.3) is 0 Å². The van der Waals surface area contributed by atoms with Gasteiger partial charge in [0.25, 0.3) is 0 Å². The van der Waals surface area contributed by atoms with Crippen molar-refractivity contribution in [3.63, 3.8) is 0 Å². The van der Waals surface area contributed by atoms with Gasteiger partial charge < -0.3 is 25.4 Å². The maximum atomic E-state index is 13.9. The van der Waals surface area contributed by atoms with Gasteiger partial charge in [0.2, 0.25) is 17.7 Å². The molecule has 3 fully saturated rings. The summed E-state index contributed by atoms with van der Waals surface area (Å²) in [7, 11) is 0. The van der Waals surface area contributed by atoms with E-state index in [2.05, 4.69) is 10.6 Å². The first-order valence-corrected chi connectivity index (χ1v) is 12.5. The smallest absolute Gasteiger partial charge is 0.250 e. The third-order valence-electron chi connectivity index (χ3n) is 8.02. The molecule has 8 nitrogen and oxygen atoms in total. The summed E-state index contributed by atoms with van der Waals surface area (Å²) in [5.41, 5.74) is -1.45. The van der Waals surface area contributed by atoms with E-state index in [0.717, 1.165) is 6.42 Å². The molecule has 3 amide bonds. The number of aliphatic hydroxyl groups excluding tert-OH is 1. The molecule has 3 aliphatic rings. The number of aliphatic hydroxyl groups is 1. The van der Waals surface area contributed by atoms with Gasteiger partial charge in [-0.1, -0.05) is 32.4 Å². The van der Waals surface area contributed by atoms with Crippen molar-refractivity contribution in [2.75, 3.05) is 18.5 Å². The SMILES string of the molecule is CCCNC(=O)[C@@H]1[C@H]2C(=O)N([C@@H](CC)CO)C(C(=O)Nc3ccc(Cl)cc3)C23CC(C)[C@@]1(C)O3. The average molecular weight is 492 g/mol. The highest BCUT2D eigenvalue weighted by molar-refractivity contribution is 6.30. The number of anilines is 1. The van der Waals surface area contributed by atoms with Gasteiger partial charge in [-0.3, -0.25) is 14.4 Å². The Morgan fingerprint density at radius 1 is 1.26 bits per heavy atom. The molecule has 0 radical (unpaired) electrons. The first-order chi connectivity index (χ1) is 16.1. The summed E-state index contributed by atoms with van der Waals surface area (Å²) in [6.45, 7) is 7.95. The normalized spacial score (nSPS) is 34.8. The summed E-state index contributed by atoms with van der Waals surface area (Å²) in [5.74, 6) is -2.43. The first-order valence-electron chi connectivity index (χ1n) is 12.1. The molecule has 4 rings (SSSR count). The number of carbonyl (C=O) groups is 3. The molecule has 0 aromatic heterocycles. The number of ether oxygens (including phenoxy) is 1. The molecule has 1 spiro atoms. The summed E-state index contributed by atoms with van der Waals surface area (Å²) in [5, 5.41) is 16.5. The molecular formula is C25H34ClN3O5. The zero-order chi connectivity index (χ0) is 24.8. The van der Waals surface area contributed by atoms with Crippen molar-refractivity contribution in [1.82, 2.24) is 10.2 Å². The Morgan fingerprint density at radius 2 is 1.94 bits per heavy atom. The Morgan fingerprint density at radius 3 is 2.53 bits per heavy atom. The summed E-state index contributed by atoms with van der Waals surface area (Å²) in [4.78, 5) is 42.5. The van der Waals surface area contributed by atoms with Crippen molar-refractivity contribution in [3.05, 3.63) is 29.3 Å². The molecule has 3 aliphatic heterocycles. The lowest BCUT2D eigenvalue weighted by molar-refractivity contribution is -0.149. The molecule has 3 unspecified atom stereocenters. The van der Waals surface area contributed by atoms with Crippen molar-refractivity contribution < 1.29 is 24.2 Å². The van der Waals surface area contributed by atoms with Crippen LogP contribution >= 0.6 is 11.6 Å². The number of hydrogen-bond donors (Lipinski definition) is 3. The molecular weight excluding hydrogens is 458 g/mol. The van der Waals surface area contributed by atoms with Gasteiger partial charge in [0.1, 0.15) is 11.6 Å². The molecule has 34 heavy (non-hydrogen) atoms. The number of halogens is 1. The number of likely N-dealkylation sites (tertiary alicyclic amines) is 1. The van der Waals surface area contributed by atoms with Crippen molar-refractivity contribution in [2.45, 2.75) is 70.2 Å². The summed E-state index contributed by atoms with van der Waals surface area (Å²) >= 11 is 5.98. The largest absolute Gasteiger partial charge is 0.394 e. The third-order valence-corrected chi connectivity index (χ3v) is 8.27. The molecule has 3 saturated heterocycles. The number of benzene rings is 1. The van der Waals surface area contributed by atoms with Crippen LogP contribution in [-0.2, 0) is 19.1 Å². The van der Waals surface area contributed by atoms with Crippen LogP contribution in [0, 0.1) is 17.8 Å². The fraction of sp³-hybridized carbons (Fsp3) is 0.640. The maximum absolute atomic E-state index is 13.9. The highest BCUT2D eigenvalue weighted by Gasteiger charge is 2.80. The Kier molecular flexibility index (Phi) is 6.70. The van der Waals surface area contributed by atoms with Crippen LogP contribution in [0.4, 0.5) is 5.69 Å². The second-order valence-corrected chi connectivity index (χ2v) is 10.4. The lowest BCUT2D eigenvalue weighted by Gasteiger charge is -2.36. The van der Waals surface area contributed by atoms with E-state index in [-0.39, 0.29) is 24.3 Å². The van der Waals surface area contributed by atoms with Gasteiger partial charge in [0, 0.05) is 17.3 Å². The monoisotopic (exact) mass is 491 g/mol. The van der Waals surface area contributed by atoms with Crippen LogP contribution in [0.2, 0.25) is 5.02 Å². The van der Waals surface area contributed by atoms with Gasteiger partial charge in [0.15, 0.2) is 0 Å². The minimum Gasteiger partial charge on any atom is -0.394 e. The van der Waals surface area contributed by atoms with Crippen molar-refractivity contribution in [3.8, 4) is 0 Å². The van der Waals surface area contributed by atoms with Crippen molar-refractivity contribution >= 4 is 35.0 Å². The number of nitrogens with one attached hydrogen (secondary N) is 2. The highest BCUT2D eigenvalue weighted by atomic mass is 35.5. The zero-order valence-electron chi connectivity index (χ0n) is 20.1. The van der Waals surface area contributed by atoms with E-state index in [0.29, 0.717) is 30.1 Å². The zero-order valence-corrected chi connectivity index (χ0v) is 20.9. The lowest BCUT2D eigenvalue weighted by Crippen LogP contribution is -2.56. The van der Waals surface area contributed by atoms with E-state index in [1.807, 2.05) is 27.7 Å². The predicted molar refractivity (Wildman–Crippen MR) is 128 cm³/mol. The van der Waals surface area contributed by atoms with Crippen LogP contribution in [0.5, 0.6) is 0 Å². The number of hydrogen-bond acceptors (Lipinski definition) is 5. The molecule has 1 aromatic rings. The van der Waals surface area contributed by atoms with E-state index < -0.39 is 41.0 Å². The summed E-state index contributed by atoms with van der Waals surface area (Å²) in [6, 6.07) is 5.21. The van der Waals surface area contributed by atoms with Gasteiger partial charge in [0.05, 0.1) is 30.1 Å². The van der Waals surface area contributed by atoms with E-state index >= 15 is 0 Å². The number of rotatable bonds is 8. The van der Waals surface area contributed by atoms with Gasteiger partial charge in [-0.2, -0.15) is 0 Å². The van der Waals surface area contributed by atoms with Gasteiger partial charge >= 0.3 is 0 Å². The Balaban J connectivity index is 1.77. The third kappa shape index (κ3) is 3.62. The maximum Gasteiger partial charge on any atom is 0.250 e. The number of fused-ring (bicyclic) bond motifs is 1. The fourth-order valence-electron chi connectivity index (χ4n) is 6.29. The van der Waals surface area contributed by atoms with Gasteiger partial charge in [-0.05, 0) is 56.4 Å². The van der Waals surface area contributed by atoms with E-state index in [9.17, 15) is 19.5 Å². The minimum atomic E-state index is -1.14. The van der Waals surface area contributed by atoms with E-state index in [4.69, 9.17) is 16.3 Å². The van der Waals surface area contributed by atoms with Crippen LogP contribution in [0.3, 0.4) is 0 Å². The van der Waals surface area contributed by atoms with Crippen LogP contribution in [-0.4, -0.2) is 64.2 Å². The van der Waals surface area contributed by atoms with Crippen molar-refractivity contribution in [2.24, 2.45) is 17.8 Å². The first kappa shape index (κ1) is 24.9.